The summed E-state index contributed by atoms with van der Waals surface area (Å²) in [6.45, 7) is 1.89. The Kier molecular flexibility index (Phi) is 3.94. The number of benzene rings is 1. The van der Waals surface area contributed by atoms with Gasteiger partial charge in [-0.3, -0.25) is 0 Å². The van der Waals surface area contributed by atoms with Crippen LogP contribution in [0, 0.1) is 0 Å². The first-order valence-electron chi connectivity index (χ1n) is 5.37. The Bertz CT molecular complexity index is 341. The molecule has 0 fully saturated rings. The summed E-state index contributed by atoms with van der Waals surface area (Å²) < 4.78 is 10.5. The van der Waals surface area contributed by atoms with Gasteiger partial charge in [-0.2, -0.15) is 0 Å². The first-order chi connectivity index (χ1) is 7.77. The quantitative estimate of drug-likeness (QED) is 0.580. The molecular weight excluding hydrogens is 219 g/mol. The van der Waals surface area contributed by atoms with Crippen LogP contribution in [-0.2, 0) is 0 Å². The molecule has 86 valence electrons. The van der Waals surface area contributed by atoms with Crippen molar-refractivity contribution in [1.29, 1.82) is 0 Å². The third-order valence-corrected chi connectivity index (χ3v) is 4.29. The van der Waals surface area contributed by atoms with Crippen molar-refractivity contribution in [2.75, 3.05) is 27.2 Å². The number of hydrogen-bond acceptors (Lipinski definition) is 3. The first kappa shape index (κ1) is 11.6. The molecule has 1 aromatic rings. The molecule has 1 heterocycles. The van der Waals surface area contributed by atoms with Crippen LogP contribution in [-0.4, -0.2) is 36.5 Å². The van der Waals surface area contributed by atoms with Gasteiger partial charge < -0.3 is 4.52 Å². The van der Waals surface area contributed by atoms with E-state index in [4.69, 9.17) is 4.52 Å². The van der Waals surface area contributed by atoms with Crippen LogP contribution < -0.4 is 4.52 Å². The standard InChI is InChI=1S/C12H17N2OP/c1-13-10-6-7-11-14(2)16(13)15-12-8-4-3-5-9-12/h3-9H,10-11H2,1-2H3. The van der Waals surface area contributed by atoms with Crippen LogP contribution in [0.2, 0.25) is 0 Å². The lowest BCUT2D eigenvalue weighted by Gasteiger charge is -2.30. The van der Waals surface area contributed by atoms with E-state index >= 15 is 0 Å². The van der Waals surface area contributed by atoms with E-state index in [0.717, 1.165) is 18.8 Å². The van der Waals surface area contributed by atoms with Crippen molar-refractivity contribution >= 4 is 8.45 Å². The van der Waals surface area contributed by atoms with Crippen molar-refractivity contribution in [3.05, 3.63) is 42.5 Å². The topological polar surface area (TPSA) is 15.7 Å². The summed E-state index contributed by atoms with van der Waals surface area (Å²) in [5.74, 6) is 0.939. The molecule has 16 heavy (non-hydrogen) atoms. The summed E-state index contributed by atoms with van der Waals surface area (Å²) >= 11 is 0. The highest BCUT2D eigenvalue weighted by Gasteiger charge is 2.23. The van der Waals surface area contributed by atoms with Crippen molar-refractivity contribution in [1.82, 2.24) is 9.34 Å². The van der Waals surface area contributed by atoms with Gasteiger partial charge in [0.2, 0.25) is 8.45 Å². The highest BCUT2D eigenvalue weighted by molar-refractivity contribution is 7.47. The zero-order chi connectivity index (χ0) is 11.4. The molecule has 0 saturated heterocycles. The van der Waals surface area contributed by atoms with Gasteiger partial charge in [0.1, 0.15) is 5.75 Å². The molecule has 0 bridgehead atoms. The molecule has 2 rings (SSSR count). The third kappa shape index (κ3) is 2.82. The lowest BCUT2D eigenvalue weighted by molar-refractivity contribution is 0.430. The highest BCUT2D eigenvalue weighted by Crippen LogP contribution is 2.44. The van der Waals surface area contributed by atoms with E-state index in [-0.39, 0.29) is 0 Å². The molecule has 0 aliphatic carbocycles. The average molecular weight is 236 g/mol. The maximum absolute atomic E-state index is 6.04. The largest absolute Gasteiger partial charge is 0.444 e. The Morgan fingerprint density at radius 3 is 2.12 bits per heavy atom. The zero-order valence-corrected chi connectivity index (χ0v) is 10.6. The van der Waals surface area contributed by atoms with E-state index in [1.165, 1.54) is 0 Å². The minimum atomic E-state index is -0.693. The molecule has 0 atom stereocenters. The number of hydrogen-bond donors (Lipinski definition) is 0. The fourth-order valence-electron chi connectivity index (χ4n) is 1.57. The predicted molar refractivity (Wildman–Crippen MR) is 68.4 cm³/mol. The van der Waals surface area contributed by atoms with Gasteiger partial charge in [0.25, 0.3) is 0 Å². The van der Waals surface area contributed by atoms with Crippen LogP contribution in [0.1, 0.15) is 0 Å². The van der Waals surface area contributed by atoms with Crippen LogP contribution in [0.3, 0.4) is 0 Å². The summed E-state index contributed by atoms with van der Waals surface area (Å²) in [6.07, 6.45) is 4.38. The van der Waals surface area contributed by atoms with Crippen LogP contribution in [0.5, 0.6) is 5.75 Å². The van der Waals surface area contributed by atoms with Gasteiger partial charge in [-0.25, -0.2) is 9.34 Å². The van der Waals surface area contributed by atoms with Crippen LogP contribution in [0.15, 0.2) is 42.5 Å². The molecule has 0 spiro atoms. The number of likely N-dealkylation sites (N-methyl/N-ethyl adjacent to an activating group) is 2. The molecule has 1 aliphatic rings. The Hall–Kier alpha value is -0.890. The fourth-order valence-corrected chi connectivity index (χ4v) is 3.15. The zero-order valence-electron chi connectivity index (χ0n) is 9.71. The van der Waals surface area contributed by atoms with Crippen LogP contribution in [0.25, 0.3) is 0 Å². The minimum absolute atomic E-state index is 0.693. The van der Waals surface area contributed by atoms with E-state index in [0.29, 0.717) is 0 Å². The SMILES string of the molecule is CN1CC=CCN(C)P1Oc1ccccc1. The second-order valence-electron chi connectivity index (χ2n) is 3.81. The number of nitrogens with zero attached hydrogens (tertiary/aromatic N) is 2. The molecule has 0 N–H and O–H groups in total. The van der Waals surface area contributed by atoms with E-state index in [1.807, 2.05) is 30.3 Å². The Morgan fingerprint density at radius 1 is 1.00 bits per heavy atom. The van der Waals surface area contributed by atoms with Gasteiger partial charge in [0.05, 0.1) is 0 Å². The Labute approximate surface area is 98.3 Å². The van der Waals surface area contributed by atoms with E-state index in [1.54, 1.807) is 0 Å². The lowest BCUT2D eigenvalue weighted by atomic mass is 10.3. The molecule has 0 radical (unpaired) electrons. The maximum Gasteiger partial charge on any atom is 0.248 e. The Balaban J connectivity index is 2.07. The molecule has 1 aromatic carbocycles. The normalized spacial score (nSPS) is 19.6. The molecule has 0 saturated carbocycles. The van der Waals surface area contributed by atoms with Crippen molar-refractivity contribution in [3.8, 4) is 5.75 Å². The summed E-state index contributed by atoms with van der Waals surface area (Å²) in [6, 6.07) is 10.0. The lowest BCUT2D eigenvalue weighted by Crippen LogP contribution is -2.24. The fraction of sp³-hybridized carbons (Fsp3) is 0.333. The van der Waals surface area contributed by atoms with Gasteiger partial charge in [-0.1, -0.05) is 30.4 Å². The van der Waals surface area contributed by atoms with E-state index in [9.17, 15) is 0 Å². The smallest absolute Gasteiger partial charge is 0.248 e. The maximum atomic E-state index is 6.04. The molecule has 0 unspecified atom stereocenters. The predicted octanol–water partition coefficient (Wildman–Crippen LogP) is 2.73. The summed E-state index contributed by atoms with van der Waals surface area (Å²) in [5, 5.41) is 0. The molecule has 3 nitrogen and oxygen atoms in total. The molecular formula is C12H17N2OP. The second kappa shape index (κ2) is 5.44. The van der Waals surface area contributed by atoms with Gasteiger partial charge in [-0.05, 0) is 26.2 Å². The number of rotatable bonds is 2. The van der Waals surface area contributed by atoms with Gasteiger partial charge >= 0.3 is 0 Å². The van der Waals surface area contributed by atoms with Crippen molar-refractivity contribution in [3.63, 3.8) is 0 Å². The summed E-state index contributed by atoms with van der Waals surface area (Å²) in [5.41, 5.74) is 0. The van der Waals surface area contributed by atoms with Gasteiger partial charge in [-0.15, -0.1) is 0 Å². The van der Waals surface area contributed by atoms with Gasteiger partial charge in [0.15, 0.2) is 0 Å². The first-order valence-corrected chi connectivity index (χ1v) is 6.54. The summed E-state index contributed by atoms with van der Waals surface area (Å²) in [4.78, 5) is 0. The molecule has 1 aliphatic heterocycles. The molecule has 4 heteroatoms. The minimum Gasteiger partial charge on any atom is -0.444 e. The molecule has 0 amide bonds. The van der Waals surface area contributed by atoms with Crippen LogP contribution in [0.4, 0.5) is 0 Å². The number of para-hydroxylation sites is 1. The van der Waals surface area contributed by atoms with Crippen LogP contribution >= 0.6 is 8.45 Å². The second-order valence-corrected chi connectivity index (χ2v) is 5.86. The molecule has 0 aromatic heterocycles. The monoisotopic (exact) mass is 236 g/mol. The van der Waals surface area contributed by atoms with Crippen molar-refractivity contribution in [2.45, 2.75) is 0 Å². The van der Waals surface area contributed by atoms with E-state index in [2.05, 4.69) is 35.6 Å². The summed E-state index contributed by atoms with van der Waals surface area (Å²) in [7, 11) is 3.50. The highest BCUT2D eigenvalue weighted by atomic mass is 31.2. The van der Waals surface area contributed by atoms with Crippen molar-refractivity contribution in [2.24, 2.45) is 0 Å². The Morgan fingerprint density at radius 2 is 1.56 bits per heavy atom. The van der Waals surface area contributed by atoms with Crippen molar-refractivity contribution < 1.29 is 4.52 Å². The average Bonchev–Trinajstić information content (AvgIpc) is 2.46. The van der Waals surface area contributed by atoms with E-state index < -0.39 is 8.45 Å². The van der Waals surface area contributed by atoms with Gasteiger partial charge in [0, 0.05) is 13.1 Å². The third-order valence-electron chi connectivity index (χ3n) is 2.42.